The van der Waals surface area contributed by atoms with Gasteiger partial charge >= 0.3 is 5.97 Å². The number of methoxy groups -OCH3 is 2. The minimum absolute atomic E-state index is 0.0331. The highest BCUT2D eigenvalue weighted by atomic mass is 35.5. The van der Waals surface area contributed by atoms with Gasteiger partial charge in [-0.2, -0.15) is 4.31 Å². The largest absolute Gasteiger partial charge is 0.495 e. The van der Waals surface area contributed by atoms with Crippen LogP contribution >= 0.6 is 11.6 Å². The molecule has 11 heteroatoms. The molecule has 1 amide bonds. The van der Waals surface area contributed by atoms with E-state index in [1.165, 1.54) is 36.7 Å². The van der Waals surface area contributed by atoms with Gasteiger partial charge in [0.1, 0.15) is 11.5 Å². The van der Waals surface area contributed by atoms with E-state index in [1.54, 1.807) is 29.2 Å². The van der Waals surface area contributed by atoms with Gasteiger partial charge in [0.05, 0.1) is 36.4 Å². The Hall–Kier alpha value is -2.82. The van der Waals surface area contributed by atoms with Crippen LogP contribution < -0.4 is 14.4 Å². The molecule has 182 valence electrons. The van der Waals surface area contributed by atoms with Crippen LogP contribution in [0.15, 0.2) is 47.4 Å². The van der Waals surface area contributed by atoms with Crippen LogP contribution in [0.4, 0.5) is 5.69 Å². The Balaban J connectivity index is 1.48. The zero-order valence-electron chi connectivity index (χ0n) is 18.8. The van der Waals surface area contributed by atoms with E-state index in [0.29, 0.717) is 30.0 Å². The highest BCUT2D eigenvalue weighted by Gasteiger charge is 2.39. The number of anilines is 1. The second-order valence-electron chi connectivity index (χ2n) is 8.02. The SMILES string of the molecule is COC(=O)[C@@H]1CN(C(=O)C2CCN(S(=O)(=O)c3ccc(OC)c(Cl)c3)CC2)c2ccccc2O1. The molecule has 2 heterocycles. The second kappa shape index (κ2) is 9.81. The van der Waals surface area contributed by atoms with E-state index in [4.69, 9.17) is 25.8 Å². The van der Waals surface area contributed by atoms with Crippen molar-refractivity contribution in [2.45, 2.75) is 23.8 Å². The Kier molecular flexibility index (Phi) is 7.01. The van der Waals surface area contributed by atoms with E-state index >= 15 is 0 Å². The number of ether oxygens (including phenoxy) is 3. The molecule has 4 rings (SSSR count). The number of carbonyl (C=O) groups excluding carboxylic acids is 2. The highest BCUT2D eigenvalue weighted by molar-refractivity contribution is 7.89. The van der Waals surface area contributed by atoms with Crippen molar-refractivity contribution >= 4 is 39.2 Å². The topological polar surface area (TPSA) is 102 Å². The van der Waals surface area contributed by atoms with Gasteiger partial charge in [-0.05, 0) is 43.2 Å². The van der Waals surface area contributed by atoms with Crippen LogP contribution in [0.2, 0.25) is 5.02 Å². The molecule has 0 aliphatic carbocycles. The molecule has 0 saturated carbocycles. The molecule has 0 aromatic heterocycles. The Labute approximate surface area is 203 Å². The number of sulfonamides is 1. The van der Waals surface area contributed by atoms with Crippen molar-refractivity contribution in [3.8, 4) is 11.5 Å². The molecular weight excluding hydrogens is 484 g/mol. The van der Waals surface area contributed by atoms with Gasteiger partial charge in [-0.15, -0.1) is 0 Å². The lowest BCUT2D eigenvalue weighted by atomic mass is 9.95. The maximum Gasteiger partial charge on any atom is 0.348 e. The van der Waals surface area contributed by atoms with E-state index in [1.807, 2.05) is 0 Å². The van der Waals surface area contributed by atoms with Crippen LogP contribution in [0.1, 0.15) is 12.8 Å². The molecule has 2 aromatic carbocycles. The maximum absolute atomic E-state index is 13.4. The summed E-state index contributed by atoms with van der Waals surface area (Å²) in [5, 5.41) is 0.208. The third-order valence-electron chi connectivity index (χ3n) is 6.07. The van der Waals surface area contributed by atoms with Gasteiger partial charge in [0.2, 0.25) is 22.0 Å². The van der Waals surface area contributed by atoms with Crippen LogP contribution in [0.25, 0.3) is 0 Å². The van der Waals surface area contributed by atoms with E-state index in [9.17, 15) is 18.0 Å². The third kappa shape index (κ3) is 4.57. The van der Waals surface area contributed by atoms with Crippen molar-refractivity contribution < 1.29 is 32.2 Å². The molecule has 2 aromatic rings. The Bertz CT molecular complexity index is 1200. The average molecular weight is 509 g/mol. The first kappa shape index (κ1) is 24.3. The Morgan fingerprint density at radius 1 is 1.09 bits per heavy atom. The fourth-order valence-corrected chi connectivity index (χ4v) is 6.04. The number of fused-ring (bicyclic) bond motifs is 1. The summed E-state index contributed by atoms with van der Waals surface area (Å²) in [7, 11) is -1.04. The first-order chi connectivity index (χ1) is 16.3. The minimum atomic E-state index is -3.77. The van der Waals surface area contributed by atoms with E-state index in [0.717, 1.165) is 0 Å². The number of benzene rings is 2. The van der Waals surface area contributed by atoms with Crippen molar-refractivity contribution in [3.05, 3.63) is 47.5 Å². The van der Waals surface area contributed by atoms with Crippen molar-refractivity contribution in [3.63, 3.8) is 0 Å². The number of rotatable bonds is 5. The lowest BCUT2D eigenvalue weighted by molar-refractivity contribution is -0.148. The predicted molar refractivity (Wildman–Crippen MR) is 125 cm³/mol. The van der Waals surface area contributed by atoms with Crippen molar-refractivity contribution in [1.29, 1.82) is 0 Å². The van der Waals surface area contributed by atoms with Crippen LogP contribution in [0, 0.1) is 5.92 Å². The number of amides is 1. The molecule has 1 fully saturated rings. The summed E-state index contributed by atoms with van der Waals surface area (Å²) in [4.78, 5) is 27.1. The zero-order chi connectivity index (χ0) is 24.5. The number of hydrogen-bond donors (Lipinski definition) is 0. The molecule has 1 saturated heterocycles. The zero-order valence-corrected chi connectivity index (χ0v) is 20.3. The molecule has 0 radical (unpaired) electrons. The molecule has 0 unspecified atom stereocenters. The average Bonchev–Trinajstić information content (AvgIpc) is 2.87. The summed E-state index contributed by atoms with van der Waals surface area (Å²) in [6.07, 6.45) is -0.224. The van der Waals surface area contributed by atoms with Crippen molar-refractivity contribution in [1.82, 2.24) is 4.31 Å². The fraction of sp³-hybridized carbons (Fsp3) is 0.391. The predicted octanol–water partition coefficient (Wildman–Crippen LogP) is 2.72. The lowest BCUT2D eigenvalue weighted by Gasteiger charge is -2.37. The number of nitrogens with zero attached hydrogens (tertiary/aromatic N) is 2. The van der Waals surface area contributed by atoms with E-state index in [2.05, 4.69) is 0 Å². The Morgan fingerprint density at radius 3 is 2.44 bits per heavy atom. The molecular formula is C23H25ClN2O7S. The number of piperidine rings is 1. The summed E-state index contributed by atoms with van der Waals surface area (Å²) in [6.45, 7) is 0.412. The van der Waals surface area contributed by atoms with Crippen LogP contribution in [-0.2, 0) is 24.3 Å². The lowest BCUT2D eigenvalue weighted by Crippen LogP contribution is -2.51. The number of carbonyl (C=O) groups is 2. The van der Waals surface area contributed by atoms with Gasteiger partial charge in [0, 0.05) is 19.0 Å². The van der Waals surface area contributed by atoms with Gasteiger partial charge in [0.25, 0.3) is 0 Å². The van der Waals surface area contributed by atoms with Gasteiger partial charge in [-0.1, -0.05) is 23.7 Å². The van der Waals surface area contributed by atoms with E-state index < -0.39 is 28.0 Å². The number of hydrogen-bond acceptors (Lipinski definition) is 7. The Morgan fingerprint density at radius 2 is 1.79 bits per heavy atom. The maximum atomic E-state index is 13.4. The monoisotopic (exact) mass is 508 g/mol. The molecule has 2 aliphatic rings. The summed E-state index contributed by atoms with van der Waals surface area (Å²) >= 11 is 6.11. The minimum Gasteiger partial charge on any atom is -0.495 e. The highest BCUT2D eigenvalue weighted by Crippen LogP contribution is 2.36. The second-order valence-corrected chi connectivity index (χ2v) is 10.4. The first-order valence-electron chi connectivity index (χ1n) is 10.7. The summed E-state index contributed by atoms with van der Waals surface area (Å²) in [5.74, 6) is -0.314. The smallest absolute Gasteiger partial charge is 0.348 e. The van der Waals surface area contributed by atoms with Gasteiger partial charge in [0.15, 0.2) is 0 Å². The molecule has 1 atom stereocenters. The number of halogens is 1. The summed E-state index contributed by atoms with van der Waals surface area (Å²) in [5.41, 5.74) is 0.579. The normalized spacial score (nSPS) is 19.1. The van der Waals surface area contributed by atoms with Gasteiger partial charge in [-0.3, -0.25) is 4.79 Å². The molecule has 0 bridgehead atoms. The molecule has 0 N–H and O–H groups in total. The first-order valence-corrected chi connectivity index (χ1v) is 12.6. The molecule has 9 nitrogen and oxygen atoms in total. The third-order valence-corrected chi connectivity index (χ3v) is 8.26. The molecule has 34 heavy (non-hydrogen) atoms. The van der Waals surface area contributed by atoms with Crippen molar-refractivity contribution in [2.75, 3.05) is 38.8 Å². The fourth-order valence-electron chi connectivity index (χ4n) is 4.22. The standard InChI is InChI=1S/C23H25ClN2O7S/c1-31-19-8-7-16(13-17(19)24)34(29,30)25-11-9-15(10-12-25)22(27)26-14-21(23(28)32-2)33-20-6-4-3-5-18(20)26/h3-8,13,15,21H,9-12,14H2,1-2H3/t21-/m0/s1. The van der Waals surface area contributed by atoms with E-state index in [-0.39, 0.29) is 35.5 Å². The summed E-state index contributed by atoms with van der Waals surface area (Å²) < 4.78 is 43.2. The molecule has 0 spiro atoms. The molecule has 2 aliphatic heterocycles. The van der Waals surface area contributed by atoms with Gasteiger partial charge in [-0.25, -0.2) is 13.2 Å². The summed E-state index contributed by atoms with van der Waals surface area (Å²) in [6, 6.07) is 11.3. The number of para-hydroxylation sites is 2. The van der Waals surface area contributed by atoms with Crippen LogP contribution in [0.3, 0.4) is 0 Å². The van der Waals surface area contributed by atoms with Crippen LogP contribution in [-0.4, -0.2) is 64.6 Å². The van der Waals surface area contributed by atoms with Crippen LogP contribution in [0.5, 0.6) is 11.5 Å². The quantitative estimate of drug-likeness (QED) is 0.572. The number of esters is 1. The van der Waals surface area contributed by atoms with Crippen molar-refractivity contribution in [2.24, 2.45) is 5.92 Å². The van der Waals surface area contributed by atoms with Gasteiger partial charge < -0.3 is 19.1 Å².